The van der Waals surface area contributed by atoms with E-state index in [0.29, 0.717) is 47.8 Å². The monoisotopic (exact) mass is 531 g/mol. The number of benzene rings is 1. The molecule has 1 unspecified atom stereocenters. The Morgan fingerprint density at radius 2 is 1.78 bits per heavy atom. The highest BCUT2D eigenvalue weighted by atomic mass is 32.2. The minimum absolute atomic E-state index is 0.0556. The van der Waals surface area contributed by atoms with Gasteiger partial charge in [-0.25, -0.2) is 8.42 Å². The number of hydrogen-bond acceptors (Lipinski definition) is 7. The van der Waals surface area contributed by atoms with Gasteiger partial charge in [-0.3, -0.25) is 9.78 Å². The first kappa shape index (κ1) is 27.3. The molecule has 2 fully saturated rings. The van der Waals surface area contributed by atoms with Gasteiger partial charge in [-0.1, -0.05) is 6.42 Å². The molecular weight excluding hydrogens is 494 g/mol. The molecule has 10 heteroatoms. The van der Waals surface area contributed by atoms with Crippen molar-refractivity contribution in [1.29, 1.82) is 0 Å². The molecule has 9 nitrogen and oxygen atoms in total. The van der Waals surface area contributed by atoms with Crippen LogP contribution in [0.15, 0.2) is 41.6 Å². The zero-order valence-electron chi connectivity index (χ0n) is 21.9. The maximum Gasteiger partial charge on any atom is 0.248 e. The lowest BCUT2D eigenvalue weighted by Gasteiger charge is -2.35. The van der Waals surface area contributed by atoms with Crippen LogP contribution in [0.2, 0.25) is 0 Å². The summed E-state index contributed by atoms with van der Waals surface area (Å²) in [6.07, 6.45) is 7.39. The molecule has 2 aromatic rings. The van der Waals surface area contributed by atoms with Crippen LogP contribution < -0.4 is 9.47 Å². The molecule has 37 heavy (non-hydrogen) atoms. The van der Waals surface area contributed by atoms with Crippen molar-refractivity contribution < 1.29 is 27.4 Å². The topological polar surface area (TPSA) is 98.3 Å². The second-order valence-corrected chi connectivity index (χ2v) is 11.6. The van der Waals surface area contributed by atoms with Crippen LogP contribution in [0.1, 0.15) is 43.2 Å². The van der Waals surface area contributed by atoms with Crippen molar-refractivity contribution in [1.82, 2.24) is 14.2 Å². The third-order valence-electron chi connectivity index (χ3n) is 7.08. The Morgan fingerprint density at radius 1 is 1.05 bits per heavy atom. The first-order chi connectivity index (χ1) is 17.8. The van der Waals surface area contributed by atoms with Crippen LogP contribution in [-0.2, 0) is 19.6 Å². The second-order valence-electron chi connectivity index (χ2n) is 9.76. The third kappa shape index (κ3) is 6.61. The molecule has 1 aromatic heterocycles. The fourth-order valence-electron chi connectivity index (χ4n) is 5.22. The van der Waals surface area contributed by atoms with Crippen molar-refractivity contribution in [3.63, 3.8) is 0 Å². The van der Waals surface area contributed by atoms with Gasteiger partial charge in [-0.05, 0) is 62.1 Å². The number of methoxy groups -OCH3 is 1. The van der Waals surface area contributed by atoms with Gasteiger partial charge >= 0.3 is 0 Å². The van der Waals surface area contributed by atoms with Crippen LogP contribution in [0, 0.1) is 13.8 Å². The van der Waals surface area contributed by atoms with Gasteiger partial charge in [0, 0.05) is 44.7 Å². The van der Waals surface area contributed by atoms with E-state index < -0.39 is 10.0 Å². The summed E-state index contributed by atoms with van der Waals surface area (Å²) >= 11 is 0. The van der Waals surface area contributed by atoms with Crippen molar-refractivity contribution >= 4 is 15.9 Å². The number of aryl methyl sites for hydroxylation is 2. The van der Waals surface area contributed by atoms with Gasteiger partial charge in [0.1, 0.15) is 24.2 Å². The van der Waals surface area contributed by atoms with E-state index in [1.807, 2.05) is 12.1 Å². The van der Waals surface area contributed by atoms with Gasteiger partial charge in [0.15, 0.2) is 0 Å². The molecule has 0 saturated carbocycles. The normalized spacial score (nSPS) is 19.5. The lowest BCUT2D eigenvalue weighted by atomic mass is 10.1. The average Bonchev–Trinajstić information content (AvgIpc) is 2.89. The van der Waals surface area contributed by atoms with Crippen LogP contribution in [-0.4, -0.2) is 80.6 Å². The van der Waals surface area contributed by atoms with Crippen LogP contribution in [0.3, 0.4) is 0 Å². The number of amides is 1. The molecule has 2 aliphatic heterocycles. The predicted octanol–water partition coefficient (Wildman–Crippen LogP) is 3.34. The number of ether oxygens (including phenoxy) is 3. The Balaban J connectivity index is 1.30. The molecule has 0 N–H and O–H groups in total. The highest BCUT2D eigenvalue weighted by Gasteiger charge is 2.36. The molecule has 4 rings (SSSR count). The van der Waals surface area contributed by atoms with E-state index in [2.05, 4.69) is 4.98 Å². The first-order valence-electron chi connectivity index (χ1n) is 12.9. The molecule has 0 bridgehead atoms. The number of pyridine rings is 1. The zero-order valence-corrected chi connectivity index (χ0v) is 22.7. The van der Waals surface area contributed by atoms with E-state index >= 15 is 0 Å². The number of sulfonamides is 1. The molecule has 1 amide bonds. The maximum atomic E-state index is 13.7. The van der Waals surface area contributed by atoms with E-state index in [1.54, 1.807) is 54.7 Å². The Kier molecular flexibility index (Phi) is 9.04. The van der Waals surface area contributed by atoms with Crippen LogP contribution in [0.4, 0.5) is 0 Å². The van der Waals surface area contributed by atoms with Crippen molar-refractivity contribution in [2.24, 2.45) is 0 Å². The summed E-state index contributed by atoms with van der Waals surface area (Å²) < 4.78 is 46.0. The summed E-state index contributed by atoms with van der Waals surface area (Å²) in [5, 5.41) is 0. The molecule has 2 aliphatic rings. The van der Waals surface area contributed by atoms with E-state index in [9.17, 15) is 13.2 Å². The number of likely N-dealkylation sites (tertiary alicyclic amines) is 1. The van der Waals surface area contributed by atoms with Crippen LogP contribution in [0.5, 0.6) is 11.5 Å². The molecule has 0 spiro atoms. The summed E-state index contributed by atoms with van der Waals surface area (Å²) in [7, 11) is -2.15. The van der Waals surface area contributed by atoms with Crippen molar-refractivity contribution in [2.75, 3.05) is 40.0 Å². The number of aromatic nitrogens is 1. The summed E-state index contributed by atoms with van der Waals surface area (Å²) in [5.74, 6) is 1.30. The van der Waals surface area contributed by atoms with E-state index in [0.717, 1.165) is 31.4 Å². The fraction of sp³-hybridized carbons (Fsp3) is 0.556. The molecule has 3 heterocycles. The molecule has 1 aromatic carbocycles. The number of hydrogen-bond donors (Lipinski definition) is 0. The number of nitrogens with zero attached hydrogens (tertiary/aromatic N) is 3. The Hall–Kier alpha value is -2.69. The van der Waals surface area contributed by atoms with Gasteiger partial charge in [0.25, 0.3) is 0 Å². The van der Waals surface area contributed by atoms with Crippen molar-refractivity contribution in [3.8, 4) is 11.5 Å². The van der Waals surface area contributed by atoms with E-state index in [4.69, 9.17) is 14.2 Å². The van der Waals surface area contributed by atoms with Gasteiger partial charge in [-0.2, -0.15) is 4.31 Å². The first-order valence-corrected chi connectivity index (χ1v) is 14.3. The molecular formula is C27H37N3O6S. The van der Waals surface area contributed by atoms with Crippen molar-refractivity contribution in [3.05, 3.63) is 47.8 Å². The predicted molar refractivity (Wildman–Crippen MR) is 139 cm³/mol. The summed E-state index contributed by atoms with van der Waals surface area (Å²) in [5.41, 5.74) is 1.32. The van der Waals surface area contributed by atoms with Gasteiger partial charge in [-0.15, -0.1) is 0 Å². The lowest BCUT2D eigenvalue weighted by Crippen LogP contribution is -2.47. The number of carbonyl (C=O) groups excluding carboxylic acids is 1. The van der Waals surface area contributed by atoms with Crippen LogP contribution in [0.25, 0.3) is 0 Å². The maximum absolute atomic E-state index is 13.7. The summed E-state index contributed by atoms with van der Waals surface area (Å²) in [6, 6.07) is 6.91. The quantitative estimate of drug-likeness (QED) is 0.489. The fourth-order valence-corrected chi connectivity index (χ4v) is 7.31. The average molecular weight is 532 g/mol. The SMILES string of the molecule is COc1cc(C)c(S(=O)(=O)N2CCCCC2COCC(=O)N2CCC(Oc3cccnc3)CC2)c(C)c1. The molecule has 202 valence electrons. The molecule has 1 atom stereocenters. The molecule has 0 aliphatic carbocycles. The number of rotatable bonds is 9. The Bertz CT molecular complexity index is 1140. The Morgan fingerprint density at radius 3 is 2.43 bits per heavy atom. The van der Waals surface area contributed by atoms with Gasteiger partial charge < -0.3 is 19.1 Å². The minimum atomic E-state index is -3.72. The molecule has 2 saturated heterocycles. The standard InChI is InChI=1S/C27H37N3O6S/c1-20-15-25(34-3)16-21(2)27(20)37(32,33)30-12-5-4-7-22(30)18-35-19-26(31)29-13-9-23(10-14-29)36-24-8-6-11-28-17-24/h6,8,11,15-17,22-23H,4-5,7,9-10,12-14,18-19H2,1-3H3. The Labute approximate surface area is 219 Å². The third-order valence-corrected chi connectivity index (χ3v) is 9.33. The highest BCUT2D eigenvalue weighted by Crippen LogP contribution is 2.32. The summed E-state index contributed by atoms with van der Waals surface area (Å²) in [4.78, 5) is 18.9. The highest BCUT2D eigenvalue weighted by molar-refractivity contribution is 7.89. The molecule has 0 radical (unpaired) electrons. The number of piperidine rings is 2. The zero-order chi connectivity index (χ0) is 26.4. The summed E-state index contributed by atoms with van der Waals surface area (Å²) in [6.45, 7) is 5.38. The van der Waals surface area contributed by atoms with E-state index in [1.165, 1.54) is 0 Å². The van der Waals surface area contributed by atoms with Gasteiger partial charge in [0.2, 0.25) is 15.9 Å². The largest absolute Gasteiger partial charge is 0.497 e. The number of carbonyl (C=O) groups is 1. The lowest BCUT2D eigenvalue weighted by molar-refractivity contribution is -0.138. The van der Waals surface area contributed by atoms with Crippen LogP contribution >= 0.6 is 0 Å². The second kappa shape index (κ2) is 12.2. The van der Waals surface area contributed by atoms with Gasteiger partial charge in [0.05, 0.1) is 24.8 Å². The minimum Gasteiger partial charge on any atom is -0.497 e. The van der Waals surface area contributed by atoms with Crippen molar-refractivity contribution in [2.45, 2.75) is 63.0 Å². The van der Waals surface area contributed by atoms with E-state index in [-0.39, 0.29) is 31.3 Å². The smallest absolute Gasteiger partial charge is 0.248 e.